The highest BCUT2D eigenvalue weighted by Crippen LogP contribution is 2.61. The van der Waals surface area contributed by atoms with Crippen molar-refractivity contribution in [2.75, 3.05) is 13.7 Å². The molecule has 3 nitrogen and oxygen atoms in total. The summed E-state index contributed by atoms with van der Waals surface area (Å²) in [5, 5.41) is 0. The Balaban J connectivity index is 2.17. The van der Waals surface area contributed by atoms with Gasteiger partial charge in [-0.05, 0) is 67.3 Å². The van der Waals surface area contributed by atoms with E-state index in [-0.39, 0.29) is 6.29 Å². The van der Waals surface area contributed by atoms with Crippen molar-refractivity contribution in [2.45, 2.75) is 78.9 Å². The summed E-state index contributed by atoms with van der Waals surface area (Å²) < 4.78 is 10.9. The van der Waals surface area contributed by atoms with Gasteiger partial charge in [0.2, 0.25) is 0 Å². The predicted octanol–water partition coefficient (Wildman–Crippen LogP) is 5.70. The first-order valence-corrected chi connectivity index (χ1v) is 10.2. The quantitative estimate of drug-likeness (QED) is 0.240. The molecule has 0 aliphatic heterocycles. The molecule has 0 aromatic rings. The molecule has 0 bridgehead atoms. The number of hydrogen-bond donors (Lipinski definition) is 0. The van der Waals surface area contributed by atoms with Gasteiger partial charge < -0.3 is 9.47 Å². The van der Waals surface area contributed by atoms with Crippen LogP contribution in [0.1, 0.15) is 72.6 Å². The number of rotatable bonds is 8. The molecule has 0 aromatic carbocycles. The molecule has 0 N–H and O–H groups in total. The minimum absolute atomic E-state index is 0.294. The molecule has 0 radical (unpaired) electrons. The van der Waals surface area contributed by atoms with Gasteiger partial charge in [-0.25, -0.2) is 0 Å². The average Bonchev–Trinajstić information content (AvgIpc) is 2.58. The fourth-order valence-corrected chi connectivity index (χ4v) is 5.75. The first-order valence-electron chi connectivity index (χ1n) is 10.2. The minimum atomic E-state index is -0.344. The van der Waals surface area contributed by atoms with Crippen LogP contribution in [0.4, 0.5) is 0 Å². The zero-order valence-corrected chi connectivity index (χ0v) is 17.5. The van der Waals surface area contributed by atoms with E-state index in [9.17, 15) is 4.79 Å². The van der Waals surface area contributed by atoms with Gasteiger partial charge in [-0.15, -0.1) is 0 Å². The van der Waals surface area contributed by atoms with Crippen LogP contribution in [0.25, 0.3) is 0 Å². The molecule has 26 heavy (non-hydrogen) atoms. The van der Waals surface area contributed by atoms with Crippen molar-refractivity contribution in [3.63, 3.8) is 0 Å². The molecule has 2 aliphatic rings. The Morgan fingerprint density at radius 3 is 2.69 bits per heavy atom. The number of carbonyl (C=O) groups is 1. The van der Waals surface area contributed by atoms with E-state index in [1.54, 1.807) is 7.11 Å². The third kappa shape index (κ3) is 4.48. The zero-order valence-electron chi connectivity index (χ0n) is 17.5. The van der Waals surface area contributed by atoms with Crippen molar-refractivity contribution in [1.82, 2.24) is 0 Å². The van der Waals surface area contributed by atoms with Gasteiger partial charge in [-0.3, -0.25) is 4.79 Å². The lowest BCUT2D eigenvalue weighted by Gasteiger charge is -2.58. The standard InChI is InChI=1S/C23H38O3/c1-7-26-21(25-6)15-18(16-24)10-11-19-17(2)9-12-20-22(3,4)13-8-14-23(19,20)5/h10,16,19-21H,2,7-9,11-15H2,1,3-6H3/b18-10+/t19-,20-,21?,23+/m0/s1. The average molecular weight is 363 g/mol. The lowest BCUT2D eigenvalue weighted by atomic mass is 9.47. The van der Waals surface area contributed by atoms with E-state index in [2.05, 4.69) is 33.4 Å². The fraction of sp³-hybridized carbons (Fsp3) is 0.783. The van der Waals surface area contributed by atoms with Crippen LogP contribution in [0.5, 0.6) is 0 Å². The van der Waals surface area contributed by atoms with Crippen molar-refractivity contribution in [3.8, 4) is 0 Å². The molecule has 2 saturated carbocycles. The van der Waals surface area contributed by atoms with Gasteiger partial charge in [0.25, 0.3) is 0 Å². The smallest absolute Gasteiger partial charge is 0.161 e. The summed E-state index contributed by atoms with van der Waals surface area (Å²) in [7, 11) is 1.63. The predicted molar refractivity (Wildman–Crippen MR) is 107 cm³/mol. The van der Waals surface area contributed by atoms with Gasteiger partial charge in [-0.2, -0.15) is 0 Å². The summed E-state index contributed by atoms with van der Waals surface area (Å²) in [5.41, 5.74) is 2.84. The number of ether oxygens (including phenoxy) is 2. The second-order valence-electron chi connectivity index (χ2n) is 9.11. The van der Waals surface area contributed by atoms with Gasteiger partial charge in [0.1, 0.15) is 6.29 Å². The van der Waals surface area contributed by atoms with E-state index in [4.69, 9.17) is 9.47 Å². The van der Waals surface area contributed by atoms with E-state index in [0.717, 1.165) is 30.6 Å². The third-order valence-corrected chi connectivity index (χ3v) is 7.10. The maximum absolute atomic E-state index is 11.6. The van der Waals surface area contributed by atoms with E-state index in [1.165, 1.54) is 31.3 Å². The molecule has 2 rings (SSSR count). The monoisotopic (exact) mass is 362 g/mol. The number of fused-ring (bicyclic) bond motifs is 1. The first-order chi connectivity index (χ1) is 12.3. The van der Waals surface area contributed by atoms with Crippen LogP contribution in [0.15, 0.2) is 23.8 Å². The fourth-order valence-electron chi connectivity index (χ4n) is 5.75. The van der Waals surface area contributed by atoms with Crippen molar-refractivity contribution >= 4 is 6.29 Å². The number of carbonyl (C=O) groups excluding carboxylic acids is 1. The topological polar surface area (TPSA) is 35.5 Å². The normalized spacial score (nSPS) is 32.8. The zero-order chi connectivity index (χ0) is 19.4. The summed E-state index contributed by atoms with van der Waals surface area (Å²) in [5.74, 6) is 1.20. The van der Waals surface area contributed by atoms with Gasteiger partial charge >= 0.3 is 0 Å². The summed E-state index contributed by atoms with van der Waals surface area (Å²) >= 11 is 0. The molecule has 148 valence electrons. The summed E-state index contributed by atoms with van der Waals surface area (Å²) in [6, 6.07) is 0. The maximum Gasteiger partial charge on any atom is 0.161 e. The molecule has 0 heterocycles. The van der Waals surface area contributed by atoms with E-state index in [0.29, 0.717) is 29.8 Å². The SMILES string of the molecule is C=C1CC[C@H]2C(C)(C)CCC[C@]2(C)[C@H]1C/C=C(/C=O)CC(OC)OCC. The molecule has 0 saturated heterocycles. The maximum atomic E-state index is 11.6. The largest absolute Gasteiger partial charge is 0.356 e. The van der Waals surface area contributed by atoms with E-state index in [1.807, 2.05) is 6.92 Å². The van der Waals surface area contributed by atoms with Crippen LogP contribution in [0, 0.1) is 22.7 Å². The Morgan fingerprint density at radius 1 is 1.35 bits per heavy atom. The lowest BCUT2D eigenvalue weighted by Crippen LogP contribution is -2.49. The highest BCUT2D eigenvalue weighted by molar-refractivity contribution is 5.73. The van der Waals surface area contributed by atoms with Gasteiger partial charge in [-0.1, -0.05) is 45.4 Å². The Morgan fingerprint density at radius 2 is 2.08 bits per heavy atom. The molecule has 3 heteroatoms. The highest BCUT2D eigenvalue weighted by atomic mass is 16.7. The van der Waals surface area contributed by atoms with Crippen molar-refractivity contribution < 1.29 is 14.3 Å². The summed E-state index contributed by atoms with van der Waals surface area (Å²) in [6.07, 6.45) is 10.4. The minimum Gasteiger partial charge on any atom is -0.356 e. The molecule has 0 spiro atoms. The van der Waals surface area contributed by atoms with Crippen molar-refractivity contribution in [3.05, 3.63) is 23.8 Å². The Hall–Kier alpha value is -0.930. The number of methoxy groups -OCH3 is 1. The van der Waals surface area contributed by atoms with Crippen LogP contribution in [-0.4, -0.2) is 26.3 Å². The molecule has 2 fully saturated rings. The molecular formula is C23H38O3. The van der Waals surface area contributed by atoms with Crippen LogP contribution >= 0.6 is 0 Å². The molecule has 0 aromatic heterocycles. The first kappa shape index (κ1) is 21.4. The number of aldehydes is 1. The van der Waals surface area contributed by atoms with E-state index < -0.39 is 0 Å². The molecular weight excluding hydrogens is 324 g/mol. The van der Waals surface area contributed by atoms with Gasteiger partial charge in [0.15, 0.2) is 6.29 Å². The van der Waals surface area contributed by atoms with Gasteiger partial charge in [0, 0.05) is 20.1 Å². The van der Waals surface area contributed by atoms with Crippen molar-refractivity contribution in [1.29, 1.82) is 0 Å². The molecule has 2 aliphatic carbocycles. The Labute approximate surface area is 160 Å². The Kier molecular flexibility index (Phi) is 7.27. The van der Waals surface area contributed by atoms with Crippen LogP contribution in [-0.2, 0) is 14.3 Å². The molecule has 0 amide bonds. The molecule has 4 atom stereocenters. The number of hydrogen-bond acceptors (Lipinski definition) is 3. The van der Waals surface area contributed by atoms with E-state index >= 15 is 0 Å². The Bertz CT molecular complexity index is 534. The summed E-state index contributed by atoms with van der Waals surface area (Å²) in [6.45, 7) is 14.3. The van der Waals surface area contributed by atoms with Crippen molar-refractivity contribution in [2.24, 2.45) is 22.7 Å². The summed E-state index contributed by atoms with van der Waals surface area (Å²) in [4.78, 5) is 11.6. The van der Waals surface area contributed by atoms with Crippen LogP contribution in [0.2, 0.25) is 0 Å². The second kappa shape index (κ2) is 8.84. The van der Waals surface area contributed by atoms with Gasteiger partial charge in [0.05, 0.1) is 0 Å². The highest BCUT2D eigenvalue weighted by Gasteiger charge is 2.52. The molecule has 1 unspecified atom stereocenters. The number of allylic oxidation sites excluding steroid dienone is 2. The second-order valence-corrected chi connectivity index (χ2v) is 9.11. The third-order valence-electron chi connectivity index (χ3n) is 7.10. The van der Waals surface area contributed by atoms with Crippen LogP contribution < -0.4 is 0 Å². The lowest BCUT2D eigenvalue weighted by molar-refractivity contribution is -0.122. The van der Waals surface area contributed by atoms with Crippen LogP contribution in [0.3, 0.4) is 0 Å².